The van der Waals surface area contributed by atoms with Gasteiger partial charge in [0.15, 0.2) is 0 Å². The average Bonchev–Trinajstić information content (AvgIpc) is 2.18. The molecule has 0 aliphatic rings. The Kier molecular flexibility index (Phi) is 7.45. The highest BCUT2D eigenvalue weighted by atomic mass is 35.5. The number of hydrogen-bond donors (Lipinski definition) is 1. The fourth-order valence-electron chi connectivity index (χ4n) is 1.40. The van der Waals surface area contributed by atoms with Crippen molar-refractivity contribution in [3.05, 3.63) is 35.4 Å². The normalized spacial score (nSPS) is 10.1. The molecule has 0 bridgehead atoms. The van der Waals surface area contributed by atoms with Gasteiger partial charge in [-0.05, 0) is 30.0 Å². The third-order valence-electron chi connectivity index (χ3n) is 2.31. The van der Waals surface area contributed by atoms with Gasteiger partial charge in [0.2, 0.25) is 0 Å². The fraction of sp³-hybridized carbons (Fsp3) is 0.538. The van der Waals surface area contributed by atoms with Crippen molar-refractivity contribution in [2.24, 2.45) is 5.92 Å². The number of benzene rings is 1. The summed E-state index contributed by atoms with van der Waals surface area (Å²) in [6.45, 7) is 8.73. The fourth-order valence-corrected chi connectivity index (χ4v) is 1.40. The van der Waals surface area contributed by atoms with E-state index in [1.807, 2.05) is 0 Å². The van der Waals surface area contributed by atoms with Crippen molar-refractivity contribution in [3.63, 3.8) is 0 Å². The van der Waals surface area contributed by atoms with Crippen LogP contribution in [-0.2, 0) is 13.0 Å². The van der Waals surface area contributed by atoms with E-state index >= 15 is 0 Å². The monoisotopic (exact) mass is 226 g/mol. The van der Waals surface area contributed by atoms with E-state index < -0.39 is 0 Å². The zero-order valence-electron chi connectivity index (χ0n) is 9.89. The molecule has 0 unspecified atom stereocenters. The van der Waals surface area contributed by atoms with E-state index in [-0.39, 0.29) is 12.4 Å². The highest BCUT2D eigenvalue weighted by Gasteiger charge is 1.95. The summed E-state index contributed by atoms with van der Waals surface area (Å²) in [5.74, 6) is 0.727. The Hall–Kier alpha value is -0.530. The summed E-state index contributed by atoms with van der Waals surface area (Å²) in [7, 11) is 0. The second kappa shape index (κ2) is 7.72. The molecule has 0 radical (unpaired) electrons. The van der Waals surface area contributed by atoms with E-state index in [0.29, 0.717) is 0 Å². The van der Waals surface area contributed by atoms with Gasteiger partial charge < -0.3 is 17.7 Å². The van der Waals surface area contributed by atoms with Crippen molar-refractivity contribution in [3.8, 4) is 0 Å². The van der Waals surface area contributed by atoms with Gasteiger partial charge >= 0.3 is 0 Å². The van der Waals surface area contributed by atoms with Crippen molar-refractivity contribution >= 4 is 0 Å². The van der Waals surface area contributed by atoms with Crippen LogP contribution in [0.3, 0.4) is 0 Å². The lowest BCUT2D eigenvalue weighted by molar-refractivity contribution is -0.00000320. The predicted octanol–water partition coefficient (Wildman–Crippen LogP) is -0.00140. The van der Waals surface area contributed by atoms with Gasteiger partial charge in [0.25, 0.3) is 0 Å². The lowest BCUT2D eigenvalue weighted by Gasteiger charge is -2.07. The van der Waals surface area contributed by atoms with E-state index in [4.69, 9.17) is 0 Å². The Morgan fingerprint density at radius 3 is 2.07 bits per heavy atom. The summed E-state index contributed by atoms with van der Waals surface area (Å²) in [5.41, 5.74) is 2.79. The molecule has 86 valence electrons. The highest BCUT2D eigenvalue weighted by molar-refractivity contribution is 5.22. The Balaban J connectivity index is 0.00000196. The van der Waals surface area contributed by atoms with Crippen molar-refractivity contribution in [2.75, 3.05) is 6.54 Å². The van der Waals surface area contributed by atoms with Gasteiger partial charge in [0, 0.05) is 6.54 Å². The zero-order chi connectivity index (χ0) is 10.4. The van der Waals surface area contributed by atoms with Crippen molar-refractivity contribution < 1.29 is 12.4 Å². The van der Waals surface area contributed by atoms with Crippen LogP contribution in [0, 0.1) is 5.92 Å². The highest BCUT2D eigenvalue weighted by Crippen LogP contribution is 2.04. The standard InChI is InChI=1S/C13H21N.ClH/c1-4-12-5-7-13(8-6-12)10-14-9-11(2)3;/h5-8,11,14H,4,9-10H2,1-3H3;1H/p-1. The predicted molar refractivity (Wildman–Crippen MR) is 62.4 cm³/mol. The number of rotatable bonds is 5. The van der Waals surface area contributed by atoms with Gasteiger partial charge in [-0.25, -0.2) is 0 Å². The molecule has 1 aromatic rings. The van der Waals surface area contributed by atoms with E-state index in [1.54, 1.807) is 0 Å². The van der Waals surface area contributed by atoms with E-state index in [2.05, 4.69) is 50.4 Å². The number of halogens is 1. The molecule has 0 fully saturated rings. The molecule has 15 heavy (non-hydrogen) atoms. The first-order valence-corrected chi connectivity index (χ1v) is 5.51. The molecule has 1 rings (SSSR count). The summed E-state index contributed by atoms with van der Waals surface area (Å²) in [6, 6.07) is 8.86. The first-order chi connectivity index (χ1) is 6.72. The molecule has 1 nitrogen and oxygen atoms in total. The lowest BCUT2D eigenvalue weighted by Crippen LogP contribution is -3.00. The van der Waals surface area contributed by atoms with E-state index in [0.717, 1.165) is 25.4 Å². The van der Waals surface area contributed by atoms with Crippen LogP contribution in [0.15, 0.2) is 24.3 Å². The van der Waals surface area contributed by atoms with Gasteiger partial charge in [0.05, 0.1) is 0 Å². The summed E-state index contributed by atoms with van der Waals surface area (Å²) in [5, 5.41) is 3.44. The van der Waals surface area contributed by atoms with Crippen molar-refractivity contribution in [1.82, 2.24) is 5.32 Å². The molecule has 0 aliphatic carbocycles. The third-order valence-corrected chi connectivity index (χ3v) is 2.31. The van der Waals surface area contributed by atoms with Gasteiger partial charge in [-0.3, -0.25) is 0 Å². The second-order valence-corrected chi connectivity index (χ2v) is 4.19. The summed E-state index contributed by atoms with van der Waals surface area (Å²) >= 11 is 0. The number of aryl methyl sites for hydroxylation is 1. The minimum Gasteiger partial charge on any atom is -1.00 e. The molecule has 1 N–H and O–H groups in total. The second-order valence-electron chi connectivity index (χ2n) is 4.19. The Bertz CT molecular complexity index is 254. The van der Waals surface area contributed by atoms with Gasteiger partial charge in [-0.15, -0.1) is 0 Å². The molecular weight excluding hydrogens is 206 g/mol. The summed E-state index contributed by atoms with van der Waals surface area (Å²) in [4.78, 5) is 0. The van der Waals surface area contributed by atoms with Crippen LogP contribution in [-0.4, -0.2) is 6.54 Å². The Morgan fingerprint density at radius 1 is 1.07 bits per heavy atom. The minimum absolute atomic E-state index is 0. The maximum Gasteiger partial charge on any atom is 0.0205 e. The quantitative estimate of drug-likeness (QED) is 0.746. The molecule has 0 aromatic heterocycles. The largest absolute Gasteiger partial charge is 1.00 e. The maximum atomic E-state index is 3.44. The topological polar surface area (TPSA) is 12.0 Å². The molecule has 0 heterocycles. The SMILES string of the molecule is CCc1ccc(CNCC(C)C)cc1.[Cl-]. The Morgan fingerprint density at radius 2 is 1.60 bits per heavy atom. The lowest BCUT2D eigenvalue weighted by atomic mass is 10.1. The van der Waals surface area contributed by atoms with Crippen LogP contribution >= 0.6 is 0 Å². The van der Waals surface area contributed by atoms with Gasteiger partial charge in [-0.1, -0.05) is 45.0 Å². The molecule has 0 aliphatic heterocycles. The van der Waals surface area contributed by atoms with Crippen LogP contribution in [0.1, 0.15) is 31.9 Å². The first kappa shape index (κ1) is 14.5. The number of nitrogens with one attached hydrogen (secondary N) is 1. The Labute approximate surface area is 99.7 Å². The van der Waals surface area contributed by atoms with Crippen molar-refractivity contribution in [1.29, 1.82) is 0 Å². The first-order valence-electron chi connectivity index (χ1n) is 5.51. The molecule has 0 saturated carbocycles. The minimum atomic E-state index is 0. The van der Waals surface area contributed by atoms with Crippen LogP contribution in [0.25, 0.3) is 0 Å². The van der Waals surface area contributed by atoms with Gasteiger partial charge in [-0.2, -0.15) is 0 Å². The van der Waals surface area contributed by atoms with Crippen LogP contribution in [0.2, 0.25) is 0 Å². The third kappa shape index (κ3) is 5.81. The molecule has 1 aromatic carbocycles. The maximum absolute atomic E-state index is 3.44. The van der Waals surface area contributed by atoms with Crippen LogP contribution < -0.4 is 17.7 Å². The smallest absolute Gasteiger partial charge is 0.0205 e. The van der Waals surface area contributed by atoms with Crippen LogP contribution in [0.5, 0.6) is 0 Å². The molecular formula is C13H21ClN-. The summed E-state index contributed by atoms with van der Waals surface area (Å²) in [6.07, 6.45) is 1.12. The molecule has 0 spiro atoms. The molecule has 0 saturated heterocycles. The number of hydrogen-bond acceptors (Lipinski definition) is 1. The average molecular weight is 227 g/mol. The molecule has 0 amide bonds. The van der Waals surface area contributed by atoms with Gasteiger partial charge in [0.1, 0.15) is 0 Å². The van der Waals surface area contributed by atoms with E-state index in [1.165, 1.54) is 11.1 Å². The van der Waals surface area contributed by atoms with Crippen LogP contribution in [0.4, 0.5) is 0 Å². The van der Waals surface area contributed by atoms with Crippen molar-refractivity contribution in [2.45, 2.75) is 33.7 Å². The molecule has 0 atom stereocenters. The summed E-state index contributed by atoms with van der Waals surface area (Å²) < 4.78 is 0. The molecule has 2 heteroatoms. The van der Waals surface area contributed by atoms with E-state index in [9.17, 15) is 0 Å². The zero-order valence-corrected chi connectivity index (χ0v) is 10.6.